The van der Waals surface area contributed by atoms with Gasteiger partial charge in [-0.15, -0.1) is 0 Å². The molecule has 5 nitrogen and oxygen atoms in total. The van der Waals surface area contributed by atoms with Crippen molar-refractivity contribution in [2.24, 2.45) is 0 Å². The maximum absolute atomic E-state index is 11.3. The van der Waals surface area contributed by atoms with Crippen molar-refractivity contribution >= 4 is 5.97 Å². The lowest BCUT2D eigenvalue weighted by molar-refractivity contribution is 0.0695. The Morgan fingerprint density at radius 3 is 2.62 bits per heavy atom. The highest BCUT2D eigenvalue weighted by molar-refractivity contribution is 5.89. The highest BCUT2D eigenvalue weighted by atomic mass is 16.4. The molecule has 3 aromatic rings. The molecule has 0 amide bonds. The summed E-state index contributed by atoms with van der Waals surface area (Å²) >= 11 is 0. The summed E-state index contributed by atoms with van der Waals surface area (Å²) in [6.07, 6.45) is 1.81. The van der Waals surface area contributed by atoms with Crippen LogP contribution >= 0.6 is 0 Å². The van der Waals surface area contributed by atoms with Crippen LogP contribution in [0.1, 0.15) is 34.7 Å². The zero-order valence-corrected chi connectivity index (χ0v) is 13.4. The lowest BCUT2D eigenvalue weighted by Gasteiger charge is -2.13. The van der Waals surface area contributed by atoms with Gasteiger partial charge in [0.25, 0.3) is 0 Å². The second-order valence-corrected chi connectivity index (χ2v) is 5.61. The molecule has 0 saturated heterocycles. The first-order chi connectivity index (χ1) is 11.6. The number of hydrogen-bond donors (Lipinski definition) is 3. The van der Waals surface area contributed by atoms with Crippen LogP contribution in [0.2, 0.25) is 0 Å². The van der Waals surface area contributed by atoms with Crippen molar-refractivity contribution in [3.63, 3.8) is 0 Å². The Labute approximate surface area is 140 Å². The van der Waals surface area contributed by atoms with Crippen LogP contribution in [0.3, 0.4) is 0 Å². The average Bonchev–Trinajstić information content (AvgIpc) is 3.11. The van der Waals surface area contributed by atoms with E-state index in [1.807, 2.05) is 55.6 Å². The highest BCUT2D eigenvalue weighted by Crippen LogP contribution is 2.19. The van der Waals surface area contributed by atoms with E-state index in [0.29, 0.717) is 12.1 Å². The van der Waals surface area contributed by atoms with Crippen molar-refractivity contribution in [2.75, 3.05) is 0 Å². The first kappa shape index (κ1) is 16.0. The third-order valence-corrected chi connectivity index (χ3v) is 3.94. The van der Waals surface area contributed by atoms with Crippen LogP contribution < -0.4 is 5.32 Å². The van der Waals surface area contributed by atoms with Crippen LogP contribution in [0.5, 0.6) is 0 Å². The maximum Gasteiger partial charge on any atom is 0.336 e. The molecule has 0 bridgehead atoms. The molecule has 1 aromatic heterocycles. The summed E-state index contributed by atoms with van der Waals surface area (Å²) in [6.45, 7) is 2.46. The van der Waals surface area contributed by atoms with Crippen molar-refractivity contribution in [3.05, 3.63) is 77.7 Å². The van der Waals surface area contributed by atoms with Gasteiger partial charge in [-0.1, -0.05) is 48.5 Å². The fraction of sp³-hybridized carbons (Fsp3) is 0.158. The Kier molecular flexibility index (Phi) is 4.72. The average molecular weight is 321 g/mol. The molecular weight excluding hydrogens is 302 g/mol. The van der Waals surface area contributed by atoms with Gasteiger partial charge in [-0.3, -0.25) is 0 Å². The molecule has 0 fully saturated rings. The van der Waals surface area contributed by atoms with E-state index in [2.05, 4.69) is 15.3 Å². The van der Waals surface area contributed by atoms with Crippen molar-refractivity contribution in [1.29, 1.82) is 0 Å². The number of carboxylic acids is 1. The third-order valence-electron chi connectivity index (χ3n) is 3.94. The van der Waals surface area contributed by atoms with Gasteiger partial charge in [-0.2, -0.15) is 0 Å². The number of aromatic nitrogens is 2. The van der Waals surface area contributed by atoms with Crippen molar-refractivity contribution in [3.8, 4) is 11.3 Å². The van der Waals surface area contributed by atoms with Gasteiger partial charge in [0.2, 0.25) is 0 Å². The third kappa shape index (κ3) is 3.52. The van der Waals surface area contributed by atoms with Gasteiger partial charge in [0, 0.05) is 6.54 Å². The zero-order valence-electron chi connectivity index (χ0n) is 13.4. The molecule has 3 rings (SSSR count). The minimum atomic E-state index is -0.913. The van der Waals surface area contributed by atoms with Gasteiger partial charge in [0.15, 0.2) is 0 Å². The van der Waals surface area contributed by atoms with Crippen molar-refractivity contribution in [1.82, 2.24) is 15.3 Å². The van der Waals surface area contributed by atoms with E-state index in [0.717, 1.165) is 22.6 Å². The van der Waals surface area contributed by atoms with Gasteiger partial charge in [-0.05, 0) is 24.1 Å². The minimum Gasteiger partial charge on any atom is -0.478 e. The monoisotopic (exact) mass is 321 g/mol. The molecule has 1 unspecified atom stereocenters. The topological polar surface area (TPSA) is 78.0 Å². The molecule has 0 radical (unpaired) electrons. The van der Waals surface area contributed by atoms with Crippen LogP contribution in [0.15, 0.2) is 60.8 Å². The second kappa shape index (κ2) is 7.10. The van der Waals surface area contributed by atoms with E-state index in [1.165, 1.54) is 0 Å². The lowest BCUT2D eigenvalue weighted by Crippen LogP contribution is -2.20. The number of benzene rings is 2. The number of hydrogen-bond acceptors (Lipinski definition) is 3. The molecule has 0 aliphatic heterocycles. The standard InChI is InChI=1S/C19H19N3O2/c1-13(20-11-15-9-5-6-10-16(15)19(23)24)18-21-12-17(22-18)14-7-3-2-4-8-14/h2-10,12-13,20H,11H2,1H3,(H,21,22)(H,23,24). The number of H-pyrrole nitrogens is 1. The summed E-state index contributed by atoms with van der Waals surface area (Å²) in [5.41, 5.74) is 3.12. The first-order valence-electron chi connectivity index (χ1n) is 7.80. The molecule has 122 valence electrons. The summed E-state index contributed by atoms with van der Waals surface area (Å²) in [5, 5.41) is 12.5. The molecule has 0 spiro atoms. The van der Waals surface area contributed by atoms with Gasteiger partial charge in [0.05, 0.1) is 23.5 Å². The number of carboxylic acid groups (broad SMARTS) is 1. The quantitative estimate of drug-likeness (QED) is 0.648. The molecule has 2 aromatic carbocycles. The molecule has 3 N–H and O–H groups in total. The maximum atomic E-state index is 11.3. The predicted molar refractivity (Wildman–Crippen MR) is 92.7 cm³/mol. The molecular formula is C19H19N3O2. The predicted octanol–water partition coefficient (Wildman–Crippen LogP) is 3.63. The van der Waals surface area contributed by atoms with Crippen molar-refractivity contribution in [2.45, 2.75) is 19.5 Å². The number of aromatic amines is 1. The SMILES string of the molecule is CC(NCc1ccccc1C(=O)O)c1ncc(-c2ccccc2)[nH]1. The second-order valence-electron chi connectivity index (χ2n) is 5.61. The summed E-state index contributed by atoms with van der Waals surface area (Å²) in [5.74, 6) is -0.0916. The summed E-state index contributed by atoms with van der Waals surface area (Å²) in [6, 6.07) is 17.0. The molecule has 5 heteroatoms. The van der Waals surface area contributed by atoms with Crippen LogP contribution in [0.4, 0.5) is 0 Å². The Bertz CT molecular complexity index is 827. The normalized spacial score (nSPS) is 12.0. The fourth-order valence-electron chi connectivity index (χ4n) is 2.56. The highest BCUT2D eigenvalue weighted by Gasteiger charge is 2.13. The molecule has 0 saturated carbocycles. The number of imidazole rings is 1. The zero-order chi connectivity index (χ0) is 16.9. The largest absolute Gasteiger partial charge is 0.478 e. The molecule has 0 aliphatic rings. The Balaban J connectivity index is 1.69. The molecule has 1 atom stereocenters. The van der Waals surface area contributed by atoms with E-state index >= 15 is 0 Å². The van der Waals surface area contributed by atoms with E-state index in [1.54, 1.807) is 12.1 Å². The van der Waals surface area contributed by atoms with E-state index < -0.39 is 5.97 Å². The van der Waals surface area contributed by atoms with Gasteiger partial charge >= 0.3 is 5.97 Å². The Morgan fingerprint density at radius 1 is 1.17 bits per heavy atom. The Morgan fingerprint density at radius 2 is 1.88 bits per heavy atom. The molecule has 1 heterocycles. The van der Waals surface area contributed by atoms with Crippen LogP contribution in [0.25, 0.3) is 11.3 Å². The molecule has 0 aliphatic carbocycles. The Hall–Kier alpha value is -2.92. The van der Waals surface area contributed by atoms with E-state index in [9.17, 15) is 9.90 Å². The fourth-order valence-corrected chi connectivity index (χ4v) is 2.56. The van der Waals surface area contributed by atoms with Crippen molar-refractivity contribution < 1.29 is 9.90 Å². The smallest absolute Gasteiger partial charge is 0.336 e. The summed E-state index contributed by atoms with van der Waals surface area (Å²) in [4.78, 5) is 19.0. The van der Waals surface area contributed by atoms with Crippen LogP contribution in [0, 0.1) is 0 Å². The number of carbonyl (C=O) groups is 1. The van der Waals surface area contributed by atoms with Gasteiger partial charge < -0.3 is 15.4 Å². The minimum absolute atomic E-state index is 0.0238. The number of nitrogens with one attached hydrogen (secondary N) is 2. The number of aromatic carboxylic acids is 1. The van der Waals surface area contributed by atoms with Crippen LogP contribution in [-0.2, 0) is 6.54 Å². The van der Waals surface area contributed by atoms with E-state index in [4.69, 9.17) is 0 Å². The van der Waals surface area contributed by atoms with Gasteiger partial charge in [-0.25, -0.2) is 9.78 Å². The molecule has 24 heavy (non-hydrogen) atoms. The van der Waals surface area contributed by atoms with E-state index in [-0.39, 0.29) is 6.04 Å². The summed E-state index contributed by atoms with van der Waals surface area (Å²) < 4.78 is 0. The number of rotatable bonds is 6. The lowest BCUT2D eigenvalue weighted by atomic mass is 10.1. The van der Waals surface area contributed by atoms with Gasteiger partial charge in [0.1, 0.15) is 5.82 Å². The number of nitrogens with zero attached hydrogens (tertiary/aromatic N) is 1. The van der Waals surface area contributed by atoms with Crippen LogP contribution in [-0.4, -0.2) is 21.0 Å². The summed E-state index contributed by atoms with van der Waals surface area (Å²) in [7, 11) is 0. The first-order valence-corrected chi connectivity index (χ1v) is 7.80.